The molecule has 0 spiro atoms. The first kappa shape index (κ1) is 17.9. The Balaban J connectivity index is 1.62. The van der Waals surface area contributed by atoms with Gasteiger partial charge >= 0.3 is 0 Å². The first-order valence-electron chi connectivity index (χ1n) is 9.17. The van der Waals surface area contributed by atoms with Crippen molar-refractivity contribution >= 4 is 27.2 Å². The van der Waals surface area contributed by atoms with Crippen molar-refractivity contribution in [2.75, 3.05) is 5.32 Å². The minimum atomic E-state index is -3.67. The van der Waals surface area contributed by atoms with Gasteiger partial charge in [-0.25, -0.2) is 13.1 Å². The monoisotopic (exact) mass is 382 g/mol. The van der Waals surface area contributed by atoms with Crippen LogP contribution in [0.4, 0.5) is 5.69 Å². The average Bonchev–Trinajstić information content (AvgIpc) is 3.27. The molecule has 0 bridgehead atoms. The lowest BCUT2D eigenvalue weighted by atomic mass is 10.00. The fourth-order valence-corrected chi connectivity index (χ4v) is 4.73. The van der Waals surface area contributed by atoms with E-state index in [1.807, 2.05) is 31.2 Å². The number of carbonyl (C=O) groups is 1. The average molecular weight is 382 g/mol. The highest BCUT2D eigenvalue weighted by Gasteiger charge is 2.30. The molecule has 6 heteroatoms. The van der Waals surface area contributed by atoms with Crippen molar-refractivity contribution in [2.45, 2.75) is 44.0 Å². The third-order valence-electron chi connectivity index (χ3n) is 5.19. The summed E-state index contributed by atoms with van der Waals surface area (Å²) in [6, 6.07) is 12.6. The predicted octanol–water partition coefficient (Wildman–Crippen LogP) is 3.75. The molecule has 0 saturated heterocycles. The van der Waals surface area contributed by atoms with Crippen LogP contribution in [0, 0.1) is 6.92 Å². The number of nitrogens with one attached hydrogen (secondary N) is 2. The van der Waals surface area contributed by atoms with E-state index in [4.69, 9.17) is 0 Å². The molecule has 1 aliphatic heterocycles. The van der Waals surface area contributed by atoms with Gasteiger partial charge in [0.2, 0.25) is 10.0 Å². The summed E-state index contributed by atoms with van der Waals surface area (Å²) in [5.74, 6) is -0.121. The summed E-state index contributed by atoms with van der Waals surface area (Å²) in [5.41, 5.74) is 5.22. The van der Waals surface area contributed by atoms with Crippen molar-refractivity contribution in [2.24, 2.45) is 0 Å². The van der Waals surface area contributed by atoms with Crippen LogP contribution in [0.5, 0.6) is 0 Å². The Bertz CT molecular complexity index is 1030. The van der Waals surface area contributed by atoms with E-state index in [2.05, 4.69) is 10.0 Å². The van der Waals surface area contributed by atoms with Crippen molar-refractivity contribution in [3.8, 4) is 0 Å². The lowest BCUT2D eigenvalue weighted by molar-refractivity contribution is -0.110. The van der Waals surface area contributed by atoms with Gasteiger partial charge in [-0.2, -0.15) is 0 Å². The van der Waals surface area contributed by atoms with Crippen molar-refractivity contribution in [3.63, 3.8) is 0 Å². The number of hydrogen-bond acceptors (Lipinski definition) is 3. The molecule has 1 heterocycles. The van der Waals surface area contributed by atoms with Crippen LogP contribution >= 0.6 is 0 Å². The van der Waals surface area contributed by atoms with Gasteiger partial charge in [-0.15, -0.1) is 0 Å². The second-order valence-electron chi connectivity index (χ2n) is 7.16. The lowest BCUT2D eigenvalue weighted by Gasteiger charge is -2.09. The number of hydrogen-bond donors (Lipinski definition) is 2. The lowest BCUT2D eigenvalue weighted by Crippen LogP contribution is -2.23. The van der Waals surface area contributed by atoms with Gasteiger partial charge in [-0.1, -0.05) is 35.4 Å². The number of amides is 1. The number of fused-ring (bicyclic) bond motifs is 1. The van der Waals surface area contributed by atoms with Gasteiger partial charge in [-0.05, 0) is 56.4 Å². The van der Waals surface area contributed by atoms with Crippen LogP contribution in [0.15, 0.2) is 52.9 Å². The minimum absolute atomic E-state index is 0.121. The number of carbonyl (C=O) groups excluding carboxylic acids is 1. The normalized spacial score (nSPS) is 16.6. The van der Waals surface area contributed by atoms with Crippen LogP contribution in [-0.4, -0.2) is 14.3 Å². The zero-order valence-electron chi connectivity index (χ0n) is 15.2. The zero-order chi connectivity index (χ0) is 19.0. The molecular weight excluding hydrogens is 360 g/mol. The highest BCUT2D eigenvalue weighted by molar-refractivity contribution is 7.89. The van der Waals surface area contributed by atoms with Crippen LogP contribution in [-0.2, 0) is 21.4 Å². The predicted molar refractivity (Wildman–Crippen MR) is 106 cm³/mol. The summed E-state index contributed by atoms with van der Waals surface area (Å²) in [6.45, 7) is 2.22. The van der Waals surface area contributed by atoms with E-state index in [0.717, 1.165) is 42.4 Å². The molecule has 2 N–H and O–H groups in total. The van der Waals surface area contributed by atoms with E-state index in [1.54, 1.807) is 18.2 Å². The van der Waals surface area contributed by atoms with Gasteiger partial charge in [0.1, 0.15) is 0 Å². The van der Waals surface area contributed by atoms with Crippen LogP contribution in [0.25, 0.3) is 5.57 Å². The van der Waals surface area contributed by atoms with Crippen LogP contribution in [0.3, 0.4) is 0 Å². The summed E-state index contributed by atoms with van der Waals surface area (Å²) in [4.78, 5) is 12.6. The summed E-state index contributed by atoms with van der Waals surface area (Å²) in [7, 11) is -3.67. The van der Waals surface area contributed by atoms with Crippen LogP contribution in [0.1, 0.15) is 42.4 Å². The Labute approximate surface area is 159 Å². The summed E-state index contributed by atoms with van der Waals surface area (Å²) < 4.78 is 28.1. The molecule has 1 fully saturated rings. The Morgan fingerprint density at radius 1 is 1.04 bits per heavy atom. The number of benzene rings is 2. The maximum Gasteiger partial charge on any atom is 0.256 e. The van der Waals surface area contributed by atoms with E-state index in [0.29, 0.717) is 16.8 Å². The van der Waals surface area contributed by atoms with Crippen molar-refractivity contribution in [3.05, 3.63) is 64.7 Å². The number of sulfonamides is 1. The molecular formula is C21H22N2O3S. The first-order valence-corrected chi connectivity index (χ1v) is 10.7. The SMILES string of the molecule is Cc1ccc(CNS(=O)(=O)c2ccc3c(c2)C(=C2CCCC2)C(=O)N3)cc1. The molecule has 2 aromatic carbocycles. The molecule has 1 amide bonds. The van der Waals surface area contributed by atoms with E-state index in [1.165, 1.54) is 0 Å². The fourth-order valence-electron chi connectivity index (χ4n) is 3.68. The summed E-state index contributed by atoms with van der Waals surface area (Å²) in [5, 5.41) is 2.85. The quantitative estimate of drug-likeness (QED) is 0.791. The third-order valence-corrected chi connectivity index (χ3v) is 6.59. The van der Waals surface area contributed by atoms with Gasteiger partial charge in [0.25, 0.3) is 5.91 Å². The molecule has 0 aromatic heterocycles. The molecule has 140 valence electrons. The Morgan fingerprint density at radius 3 is 2.44 bits per heavy atom. The smallest absolute Gasteiger partial charge is 0.256 e. The number of aryl methyl sites for hydroxylation is 1. The maximum atomic E-state index is 12.7. The molecule has 0 radical (unpaired) electrons. The molecule has 1 saturated carbocycles. The number of rotatable bonds is 4. The minimum Gasteiger partial charge on any atom is -0.321 e. The molecule has 0 unspecified atom stereocenters. The molecule has 2 aliphatic rings. The third kappa shape index (κ3) is 3.55. The molecule has 5 nitrogen and oxygen atoms in total. The fraction of sp³-hybridized carbons (Fsp3) is 0.286. The summed E-state index contributed by atoms with van der Waals surface area (Å²) in [6.07, 6.45) is 3.98. The van der Waals surface area contributed by atoms with Gasteiger partial charge in [0.15, 0.2) is 0 Å². The Kier molecular flexibility index (Phi) is 4.61. The second-order valence-corrected chi connectivity index (χ2v) is 8.92. The van der Waals surface area contributed by atoms with Gasteiger partial charge in [0, 0.05) is 23.4 Å². The first-order chi connectivity index (χ1) is 12.9. The van der Waals surface area contributed by atoms with Gasteiger partial charge in [-0.3, -0.25) is 4.79 Å². The topological polar surface area (TPSA) is 75.3 Å². The van der Waals surface area contributed by atoms with E-state index < -0.39 is 10.0 Å². The number of anilines is 1. The Hall–Kier alpha value is -2.44. The molecule has 1 aliphatic carbocycles. The van der Waals surface area contributed by atoms with Crippen molar-refractivity contribution in [1.29, 1.82) is 0 Å². The summed E-state index contributed by atoms with van der Waals surface area (Å²) >= 11 is 0. The van der Waals surface area contributed by atoms with E-state index >= 15 is 0 Å². The standard InChI is InChI=1S/C21H22N2O3S/c1-14-6-8-15(9-7-14)13-22-27(25,26)17-10-11-19-18(12-17)20(21(24)23-19)16-4-2-3-5-16/h6-12,22H,2-5,13H2,1H3,(H,23,24). The van der Waals surface area contributed by atoms with Crippen LogP contribution in [0.2, 0.25) is 0 Å². The highest BCUT2D eigenvalue weighted by atomic mass is 32.2. The van der Waals surface area contributed by atoms with E-state index in [-0.39, 0.29) is 17.3 Å². The zero-order valence-corrected chi connectivity index (χ0v) is 16.0. The molecule has 27 heavy (non-hydrogen) atoms. The Morgan fingerprint density at radius 2 is 1.74 bits per heavy atom. The highest BCUT2D eigenvalue weighted by Crippen LogP contribution is 2.40. The van der Waals surface area contributed by atoms with E-state index in [9.17, 15) is 13.2 Å². The molecule has 4 rings (SSSR count). The van der Waals surface area contributed by atoms with Crippen molar-refractivity contribution < 1.29 is 13.2 Å². The molecule has 0 atom stereocenters. The largest absolute Gasteiger partial charge is 0.321 e. The second kappa shape index (κ2) is 6.94. The number of allylic oxidation sites excluding steroid dienone is 1. The molecule has 2 aromatic rings. The van der Waals surface area contributed by atoms with Gasteiger partial charge in [0.05, 0.1) is 4.90 Å². The van der Waals surface area contributed by atoms with Gasteiger partial charge < -0.3 is 5.32 Å². The van der Waals surface area contributed by atoms with Crippen LogP contribution < -0.4 is 10.0 Å². The maximum absolute atomic E-state index is 12.7. The van der Waals surface area contributed by atoms with Crippen molar-refractivity contribution in [1.82, 2.24) is 4.72 Å².